The molecule has 8 heteroatoms. The Morgan fingerprint density at radius 2 is 1.87 bits per heavy atom. The molecule has 0 saturated heterocycles. The van der Waals surface area contributed by atoms with Gasteiger partial charge in [-0.2, -0.15) is 0 Å². The standard InChI is InChI=1S/C22H32N4O3.HI/c1-4-28-20(27)9-7-5-6-8-14-24-22(23-3)25-15-19-16-29-21(26-19)18-12-10-17(2)11-13-18;/h10-13,16H,4-9,14-15H2,1-3H3,(H2,23,24,25);1H. The highest BCUT2D eigenvalue weighted by Gasteiger charge is 2.07. The minimum absolute atomic E-state index is 0. The fourth-order valence-corrected chi connectivity index (χ4v) is 2.80. The summed E-state index contributed by atoms with van der Waals surface area (Å²) >= 11 is 0. The molecule has 0 fully saturated rings. The molecule has 0 unspecified atom stereocenters. The number of carbonyl (C=O) groups is 1. The van der Waals surface area contributed by atoms with E-state index in [-0.39, 0.29) is 29.9 Å². The van der Waals surface area contributed by atoms with Crippen molar-refractivity contribution < 1.29 is 13.9 Å². The second kappa shape index (κ2) is 14.8. The van der Waals surface area contributed by atoms with Crippen LogP contribution >= 0.6 is 24.0 Å². The van der Waals surface area contributed by atoms with Gasteiger partial charge in [-0.15, -0.1) is 24.0 Å². The molecule has 1 aromatic heterocycles. The second-order valence-electron chi connectivity index (χ2n) is 6.83. The molecule has 166 valence electrons. The van der Waals surface area contributed by atoms with Crippen molar-refractivity contribution in [1.82, 2.24) is 15.6 Å². The van der Waals surface area contributed by atoms with Crippen molar-refractivity contribution in [3.63, 3.8) is 0 Å². The van der Waals surface area contributed by atoms with Gasteiger partial charge in [0.25, 0.3) is 0 Å². The van der Waals surface area contributed by atoms with Crippen LogP contribution in [0.2, 0.25) is 0 Å². The first-order valence-corrected chi connectivity index (χ1v) is 10.2. The molecule has 2 N–H and O–H groups in total. The maximum absolute atomic E-state index is 11.3. The van der Waals surface area contributed by atoms with Crippen LogP contribution in [0.1, 0.15) is 50.3 Å². The van der Waals surface area contributed by atoms with Crippen molar-refractivity contribution in [2.75, 3.05) is 20.2 Å². The van der Waals surface area contributed by atoms with E-state index < -0.39 is 0 Å². The summed E-state index contributed by atoms with van der Waals surface area (Å²) in [7, 11) is 1.75. The van der Waals surface area contributed by atoms with Crippen LogP contribution in [0.4, 0.5) is 0 Å². The van der Waals surface area contributed by atoms with Gasteiger partial charge in [-0.25, -0.2) is 4.98 Å². The van der Waals surface area contributed by atoms with E-state index in [0.29, 0.717) is 25.5 Å². The highest BCUT2D eigenvalue weighted by molar-refractivity contribution is 14.0. The number of nitrogens with zero attached hydrogens (tertiary/aromatic N) is 2. The predicted octanol–water partition coefficient (Wildman–Crippen LogP) is 4.45. The lowest BCUT2D eigenvalue weighted by Gasteiger charge is -2.10. The van der Waals surface area contributed by atoms with Crippen molar-refractivity contribution in [2.24, 2.45) is 4.99 Å². The second-order valence-corrected chi connectivity index (χ2v) is 6.83. The number of esters is 1. The number of carbonyl (C=O) groups excluding carboxylic acids is 1. The lowest BCUT2D eigenvalue weighted by molar-refractivity contribution is -0.143. The number of unbranched alkanes of at least 4 members (excludes halogenated alkanes) is 3. The number of oxazole rings is 1. The van der Waals surface area contributed by atoms with Crippen LogP contribution in [-0.4, -0.2) is 37.1 Å². The number of benzene rings is 1. The van der Waals surface area contributed by atoms with Gasteiger partial charge in [0, 0.05) is 25.6 Å². The van der Waals surface area contributed by atoms with E-state index in [0.717, 1.165) is 49.4 Å². The van der Waals surface area contributed by atoms with Crippen molar-refractivity contribution in [3.8, 4) is 11.5 Å². The van der Waals surface area contributed by atoms with Crippen LogP contribution in [-0.2, 0) is 16.1 Å². The summed E-state index contributed by atoms with van der Waals surface area (Å²) in [4.78, 5) is 20.0. The van der Waals surface area contributed by atoms with Gasteiger partial charge < -0.3 is 19.8 Å². The number of hydrogen-bond acceptors (Lipinski definition) is 5. The Morgan fingerprint density at radius 1 is 1.13 bits per heavy atom. The van der Waals surface area contributed by atoms with E-state index in [1.54, 1.807) is 13.3 Å². The molecule has 0 aliphatic heterocycles. The Balaban J connectivity index is 0.00000450. The largest absolute Gasteiger partial charge is 0.466 e. The Labute approximate surface area is 196 Å². The van der Waals surface area contributed by atoms with E-state index in [1.807, 2.05) is 31.2 Å². The van der Waals surface area contributed by atoms with E-state index in [9.17, 15) is 4.79 Å². The quantitative estimate of drug-likeness (QED) is 0.147. The van der Waals surface area contributed by atoms with Gasteiger partial charge in [0.2, 0.25) is 5.89 Å². The molecule has 1 heterocycles. The Kier molecular flexibility index (Phi) is 12.8. The number of rotatable bonds is 11. The predicted molar refractivity (Wildman–Crippen MR) is 130 cm³/mol. The zero-order chi connectivity index (χ0) is 20.9. The van der Waals surface area contributed by atoms with Gasteiger partial charge in [0.1, 0.15) is 6.26 Å². The minimum Gasteiger partial charge on any atom is -0.466 e. The van der Waals surface area contributed by atoms with Crippen LogP contribution in [0.25, 0.3) is 11.5 Å². The fraction of sp³-hybridized carbons (Fsp3) is 0.500. The van der Waals surface area contributed by atoms with E-state index in [4.69, 9.17) is 9.15 Å². The topological polar surface area (TPSA) is 88.8 Å². The molecular formula is C22H33IN4O3. The number of aromatic nitrogens is 1. The van der Waals surface area contributed by atoms with Crippen LogP contribution < -0.4 is 10.6 Å². The van der Waals surface area contributed by atoms with E-state index in [2.05, 4.69) is 27.5 Å². The first kappa shape index (κ1) is 25.9. The summed E-state index contributed by atoms with van der Waals surface area (Å²) in [6.07, 6.45) is 6.15. The molecular weight excluding hydrogens is 495 g/mol. The summed E-state index contributed by atoms with van der Waals surface area (Å²) in [5, 5.41) is 6.54. The first-order valence-electron chi connectivity index (χ1n) is 10.2. The van der Waals surface area contributed by atoms with Crippen molar-refractivity contribution in [1.29, 1.82) is 0 Å². The molecule has 1 aromatic carbocycles. The van der Waals surface area contributed by atoms with E-state index in [1.165, 1.54) is 5.56 Å². The van der Waals surface area contributed by atoms with Crippen molar-refractivity contribution in [2.45, 2.75) is 52.5 Å². The zero-order valence-electron chi connectivity index (χ0n) is 18.1. The summed E-state index contributed by atoms with van der Waals surface area (Å²) < 4.78 is 10.5. The normalized spacial score (nSPS) is 11.0. The molecule has 2 aromatic rings. The molecule has 0 radical (unpaired) electrons. The first-order chi connectivity index (χ1) is 14.1. The van der Waals surface area contributed by atoms with Gasteiger partial charge in [-0.3, -0.25) is 9.79 Å². The number of ether oxygens (including phenoxy) is 1. The van der Waals surface area contributed by atoms with E-state index >= 15 is 0 Å². The molecule has 0 bridgehead atoms. The van der Waals surface area contributed by atoms with Crippen LogP contribution in [0.5, 0.6) is 0 Å². The third-order valence-electron chi connectivity index (χ3n) is 4.42. The summed E-state index contributed by atoms with van der Waals surface area (Å²) in [5.74, 6) is 1.25. The van der Waals surface area contributed by atoms with Gasteiger partial charge in [0.15, 0.2) is 5.96 Å². The average molecular weight is 528 g/mol. The van der Waals surface area contributed by atoms with Gasteiger partial charge in [-0.1, -0.05) is 30.5 Å². The number of aryl methyl sites for hydroxylation is 1. The Bertz CT molecular complexity index is 775. The molecule has 30 heavy (non-hydrogen) atoms. The monoisotopic (exact) mass is 528 g/mol. The van der Waals surface area contributed by atoms with Crippen LogP contribution in [0.3, 0.4) is 0 Å². The number of hydrogen-bond donors (Lipinski definition) is 2. The fourth-order valence-electron chi connectivity index (χ4n) is 2.80. The van der Waals surface area contributed by atoms with Gasteiger partial charge in [-0.05, 0) is 38.8 Å². The molecule has 0 saturated carbocycles. The number of guanidine groups is 1. The van der Waals surface area contributed by atoms with Crippen molar-refractivity contribution in [3.05, 3.63) is 41.8 Å². The summed E-state index contributed by atoms with van der Waals surface area (Å²) in [5.41, 5.74) is 2.99. The molecule has 0 aliphatic rings. The zero-order valence-corrected chi connectivity index (χ0v) is 20.4. The SMILES string of the molecule is CCOC(=O)CCCCCCNC(=NC)NCc1coc(-c2ccc(C)cc2)n1.I. The highest BCUT2D eigenvalue weighted by Crippen LogP contribution is 2.18. The minimum atomic E-state index is -0.103. The molecule has 0 amide bonds. The number of aliphatic imine (C=N–C) groups is 1. The maximum atomic E-state index is 11.3. The van der Waals surface area contributed by atoms with Crippen LogP contribution in [0, 0.1) is 6.92 Å². The molecule has 0 aliphatic carbocycles. The van der Waals surface area contributed by atoms with Crippen LogP contribution in [0.15, 0.2) is 39.9 Å². The third kappa shape index (κ3) is 9.60. The molecule has 7 nitrogen and oxygen atoms in total. The van der Waals surface area contributed by atoms with Gasteiger partial charge >= 0.3 is 5.97 Å². The Morgan fingerprint density at radius 3 is 2.57 bits per heavy atom. The summed E-state index contributed by atoms with van der Waals surface area (Å²) in [6.45, 7) is 5.70. The average Bonchev–Trinajstić information content (AvgIpc) is 3.19. The Hall–Kier alpha value is -2.10. The lowest BCUT2D eigenvalue weighted by Crippen LogP contribution is -2.37. The lowest BCUT2D eigenvalue weighted by atomic mass is 10.1. The smallest absolute Gasteiger partial charge is 0.305 e. The third-order valence-corrected chi connectivity index (χ3v) is 4.42. The molecule has 0 atom stereocenters. The number of halogens is 1. The van der Waals surface area contributed by atoms with Gasteiger partial charge in [0.05, 0.1) is 18.8 Å². The highest BCUT2D eigenvalue weighted by atomic mass is 127. The number of nitrogens with one attached hydrogen (secondary N) is 2. The maximum Gasteiger partial charge on any atom is 0.305 e. The summed E-state index contributed by atoms with van der Waals surface area (Å²) in [6, 6.07) is 8.09. The van der Waals surface area contributed by atoms with Crippen molar-refractivity contribution >= 4 is 35.9 Å². The molecule has 0 spiro atoms. The molecule has 2 rings (SSSR count).